The number of H-pyrrole nitrogens is 1. The fraction of sp³-hybridized carbons (Fsp3) is 0.444. The zero-order valence-corrected chi connectivity index (χ0v) is 20.0. The fourth-order valence-corrected chi connectivity index (χ4v) is 5.38. The lowest BCUT2D eigenvalue weighted by molar-refractivity contribution is -0.127. The van der Waals surface area contributed by atoms with Crippen LogP contribution in [0.15, 0.2) is 49.6 Å². The Morgan fingerprint density at radius 2 is 2.17 bits per heavy atom. The van der Waals surface area contributed by atoms with E-state index in [-0.39, 0.29) is 18.6 Å². The van der Waals surface area contributed by atoms with Gasteiger partial charge in [-0.2, -0.15) is 0 Å². The number of aliphatic hydroxyl groups is 2. The van der Waals surface area contributed by atoms with Crippen molar-refractivity contribution in [3.8, 4) is 0 Å². The lowest BCUT2D eigenvalue weighted by Gasteiger charge is -2.32. The van der Waals surface area contributed by atoms with Crippen molar-refractivity contribution in [1.82, 2.24) is 9.55 Å². The van der Waals surface area contributed by atoms with E-state index in [2.05, 4.69) is 26.0 Å². The van der Waals surface area contributed by atoms with Gasteiger partial charge in [-0.05, 0) is 17.7 Å². The van der Waals surface area contributed by atoms with Gasteiger partial charge in [0.15, 0.2) is 6.23 Å². The Kier molecular flexibility index (Phi) is 7.29. The van der Waals surface area contributed by atoms with Crippen LogP contribution in [0.25, 0.3) is 10.4 Å². The molecule has 17 heteroatoms. The molecule has 3 heterocycles. The molecule has 35 heavy (non-hydrogen) atoms. The number of nitrogens with zero attached hydrogens (tertiary/aromatic N) is 4. The number of ether oxygens (including phenoxy) is 1. The van der Waals surface area contributed by atoms with E-state index in [4.69, 9.17) is 23.8 Å². The molecule has 2 aliphatic rings. The van der Waals surface area contributed by atoms with Crippen LogP contribution in [-0.4, -0.2) is 50.9 Å². The molecule has 2 aliphatic heterocycles. The second-order valence-corrected chi connectivity index (χ2v) is 10.1. The van der Waals surface area contributed by atoms with Crippen LogP contribution in [0.3, 0.4) is 0 Å². The van der Waals surface area contributed by atoms with Gasteiger partial charge in [-0.1, -0.05) is 27.1 Å². The maximum absolute atomic E-state index is 14.4. The predicted molar refractivity (Wildman–Crippen MR) is 117 cm³/mol. The van der Waals surface area contributed by atoms with E-state index in [9.17, 15) is 28.8 Å². The number of hydrogen-bond acceptors (Lipinski definition) is 10. The maximum Gasteiger partial charge on any atom is 0.475 e. The quantitative estimate of drug-likeness (QED) is 0.199. The second kappa shape index (κ2) is 9.93. The van der Waals surface area contributed by atoms with E-state index in [1.807, 2.05) is 4.98 Å². The van der Waals surface area contributed by atoms with Crippen molar-refractivity contribution >= 4 is 23.8 Å². The van der Waals surface area contributed by atoms with Crippen molar-refractivity contribution in [1.29, 1.82) is 0 Å². The van der Waals surface area contributed by atoms with Crippen molar-refractivity contribution in [2.45, 2.75) is 36.7 Å². The Morgan fingerprint density at radius 1 is 1.40 bits per heavy atom. The van der Waals surface area contributed by atoms with Crippen LogP contribution in [0.2, 0.25) is 0 Å². The highest BCUT2D eigenvalue weighted by Gasteiger charge is 2.56. The molecule has 2 saturated heterocycles. The fourth-order valence-electron chi connectivity index (χ4n) is 3.65. The first-order valence-corrected chi connectivity index (χ1v) is 12.3. The van der Waals surface area contributed by atoms with Crippen LogP contribution in [0.1, 0.15) is 24.3 Å². The summed E-state index contributed by atoms with van der Waals surface area (Å²) in [6, 6.07) is 5.19. The first kappa shape index (κ1) is 25.7. The van der Waals surface area contributed by atoms with Crippen LogP contribution in [0.4, 0.5) is 4.39 Å². The highest BCUT2D eigenvalue weighted by atomic mass is 79.9. The maximum atomic E-state index is 14.4. The summed E-state index contributed by atoms with van der Waals surface area (Å²) >= 11 is 3.14. The molecule has 14 nitrogen and oxygen atoms in total. The third-order valence-electron chi connectivity index (χ3n) is 5.37. The van der Waals surface area contributed by atoms with Crippen LogP contribution in [0.5, 0.6) is 0 Å². The summed E-state index contributed by atoms with van der Waals surface area (Å²) in [5.74, 6) is -0.616. The zero-order valence-electron chi connectivity index (χ0n) is 17.6. The van der Waals surface area contributed by atoms with Gasteiger partial charge in [0.1, 0.15) is 18.0 Å². The molecule has 3 N–H and O–H groups in total. The topological polar surface area (TPSA) is 198 Å². The van der Waals surface area contributed by atoms with Crippen LogP contribution in [0, 0.1) is 5.82 Å². The van der Waals surface area contributed by atoms with Gasteiger partial charge in [0.05, 0.1) is 19.3 Å². The summed E-state index contributed by atoms with van der Waals surface area (Å²) in [6.45, 7) is -1.07. The number of azide groups is 1. The number of hydrogen-bond donors (Lipinski definition) is 3. The molecule has 0 aliphatic carbocycles. The number of aromatic nitrogens is 2. The SMILES string of the molecule is [N-]=[N+]=N[C@]1(COP2(=O)OCC[C@@H](c3ccc(Br)cc3F)O2)O[C@@H](n2ccc(=O)[nH]c2=O)[C@H](O)[C@@H]1O. The first-order chi connectivity index (χ1) is 16.6. The van der Waals surface area contributed by atoms with Gasteiger partial charge in [-0.3, -0.25) is 27.9 Å². The Bertz CT molecular complexity index is 1330. The average Bonchev–Trinajstić information content (AvgIpc) is 3.04. The van der Waals surface area contributed by atoms with E-state index < -0.39 is 61.8 Å². The largest absolute Gasteiger partial charge is 0.475 e. The average molecular weight is 578 g/mol. The van der Waals surface area contributed by atoms with Gasteiger partial charge >= 0.3 is 13.5 Å². The Morgan fingerprint density at radius 3 is 2.86 bits per heavy atom. The molecule has 1 unspecified atom stereocenters. The number of benzene rings is 1. The molecule has 6 atom stereocenters. The summed E-state index contributed by atoms with van der Waals surface area (Å²) in [7, 11) is -4.39. The normalized spacial score (nSPS) is 32.8. The van der Waals surface area contributed by atoms with Crippen molar-refractivity contribution in [2.75, 3.05) is 13.2 Å². The third-order valence-corrected chi connectivity index (χ3v) is 7.32. The molecule has 188 valence electrons. The molecular formula is C18H18BrFN5O9P. The van der Waals surface area contributed by atoms with E-state index in [0.717, 1.165) is 16.8 Å². The van der Waals surface area contributed by atoms with E-state index in [1.54, 1.807) is 6.07 Å². The molecule has 0 radical (unpaired) electrons. The van der Waals surface area contributed by atoms with Crippen molar-refractivity contribution in [2.24, 2.45) is 5.11 Å². The van der Waals surface area contributed by atoms with Crippen LogP contribution in [-0.2, 0) is 22.9 Å². The summed E-state index contributed by atoms with van der Waals surface area (Å²) in [5, 5.41) is 24.4. The van der Waals surface area contributed by atoms with Crippen LogP contribution < -0.4 is 11.2 Å². The smallest absolute Gasteiger partial charge is 0.387 e. The number of aliphatic hydroxyl groups excluding tert-OH is 2. The predicted octanol–water partition coefficient (Wildman–Crippen LogP) is 2.00. The summed E-state index contributed by atoms with van der Waals surface area (Å²) < 4.78 is 50.0. The number of rotatable bonds is 6. The number of phosphoric ester groups is 1. The minimum atomic E-state index is -4.39. The lowest BCUT2D eigenvalue weighted by atomic mass is 10.1. The zero-order chi connectivity index (χ0) is 25.4. The monoisotopic (exact) mass is 577 g/mol. The van der Waals surface area contributed by atoms with Crippen molar-refractivity contribution in [3.05, 3.63) is 77.6 Å². The molecular weight excluding hydrogens is 560 g/mol. The Labute approximate surface area is 203 Å². The van der Waals surface area contributed by atoms with Crippen molar-refractivity contribution in [3.63, 3.8) is 0 Å². The van der Waals surface area contributed by atoms with Gasteiger partial charge in [-0.15, -0.1) is 0 Å². The minimum absolute atomic E-state index is 0.107. The molecule has 0 bridgehead atoms. The Hall–Kier alpha value is -2.39. The molecule has 2 aromatic rings. The molecule has 2 fully saturated rings. The number of nitrogens with one attached hydrogen (secondary N) is 1. The standard InChI is InChI=1S/C18H18BrFN5O9P/c19-9-1-2-10(11(20)7-9)12-4-6-31-35(30,34-12)32-8-18(23-24-21)15(28)14(27)16(33-18)25-5-3-13(26)22-17(25)29/h1-3,5,7,12,14-16,27-28H,4,6,8H2,(H,22,26,29)/t12-,14+,15-,16+,18+,35?/m0/s1. The van der Waals surface area contributed by atoms with E-state index >= 15 is 0 Å². The number of halogens is 2. The molecule has 0 spiro atoms. The highest BCUT2D eigenvalue weighted by molar-refractivity contribution is 9.10. The number of aromatic amines is 1. The molecule has 4 rings (SSSR count). The lowest BCUT2D eigenvalue weighted by Crippen LogP contribution is -2.45. The molecule has 0 saturated carbocycles. The van der Waals surface area contributed by atoms with Crippen LogP contribution >= 0.6 is 23.8 Å². The third kappa shape index (κ3) is 5.11. The number of phosphoric acid groups is 1. The Balaban J connectivity index is 1.56. The van der Waals surface area contributed by atoms with Crippen molar-refractivity contribution < 1.29 is 37.5 Å². The highest BCUT2D eigenvalue weighted by Crippen LogP contribution is 2.58. The van der Waals surface area contributed by atoms with Gasteiger partial charge in [-0.25, -0.2) is 13.8 Å². The van der Waals surface area contributed by atoms with E-state index in [0.29, 0.717) is 4.47 Å². The first-order valence-electron chi connectivity index (χ1n) is 10.0. The molecule has 1 aromatic carbocycles. The molecule has 0 amide bonds. The van der Waals surface area contributed by atoms with Gasteiger partial charge < -0.3 is 14.9 Å². The van der Waals surface area contributed by atoms with Gasteiger partial charge in [0.2, 0.25) is 5.72 Å². The molecule has 1 aromatic heterocycles. The second-order valence-electron chi connectivity index (χ2n) is 7.60. The summed E-state index contributed by atoms with van der Waals surface area (Å²) in [6.07, 6.45) is -5.23. The summed E-state index contributed by atoms with van der Waals surface area (Å²) in [4.78, 5) is 28.0. The van der Waals surface area contributed by atoms with Gasteiger partial charge in [0, 0.05) is 33.6 Å². The summed E-state index contributed by atoms with van der Waals surface area (Å²) in [5.41, 5.74) is 5.07. The van der Waals surface area contributed by atoms with Gasteiger partial charge in [0.25, 0.3) is 5.56 Å². The van der Waals surface area contributed by atoms with E-state index in [1.165, 1.54) is 12.1 Å². The minimum Gasteiger partial charge on any atom is -0.387 e.